The monoisotopic (exact) mass is 695 g/mol. The highest BCUT2D eigenvalue weighted by molar-refractivity contribution is 7.92. The highest BCUT2D eigenvalue weighted by Crippen LogP contribution is 2.38. The molecular formula is C32H39Cl2N3O8S. The third-order valence-corrected chi connectivity index (χ3v) is 9.67. The van der Waals surface area contributed by atoms with Gasteiger partial charge in [-0.05, 0) is 49.2 Å². The zero-order valence-electron chi connectivity index (χ0n) is 26.6. The summed E-state index contributed by atoms with van der Waals surface area (Å²) in [6, 6.07) is 12.6. The van der Waals surface area contributed by atoms with Crippen LogP contribution in [0.1, 0.15) is 32.3 Å². The third kappa shape index (κ3) is 8.28. The van der Waals surface area contributed by atoms with Crippen LogP contribution in [0.2, 0.25) is 10.0 Å². The van der Waals surface area contributed by atoms with Crippen molar-refractivity contribution in [1.29, 1.82) is 0 Å². The highest BCUT2D eigenvalue weighted by atomic mass is 35.5. The van der Waals surface area contributed by atoms with Crippen LogP contribution in [0.25, 0.3) is 0 Å². The van der Waals surface area contributed by atoms with Gasteiger partial charge in [-0.25, -0.2) is 8.42 Å². The van der Waals surface area contributed by atoms with Crippen LogP contribution >= 0.6 is 23.2 Å². The minimum atomic E-state index is -4.49. The van der Waals surface area contributed by atoms with Gasteiger partial charge in [-0.2, -0.15) is 0 Å². The first-order chi connectivity index (χ1) is 22.0. The van der Waals surface area contributed by atoms with E-state index in [2.05, 4.69) is 5.32 Å². The van der Waals surface area contributed by atoms with E-state index < -0.39 is 34.4 Å². The molecule has 0 unspecified atom stereocenters. The van der Waals surface area contributed by atoms with Crippen molar-refractivity contribution in [3.05, 3.63) is 70.2 Å². The number of halogens is 2. The molecule has 0 aliphatic carbocycles. The topological polar surface area (TPSA) is 124 Å². The fraction of sp³-hybridized carbons (Fsp3) is 0.375. The first kappa shape index (κ1) is 36.6. The molecule has 0 spiro atoms. The summed E-state index contributed by atoms with van der Waals surface area (Å²) >= 11 is 13.0. The number of ether oxygens (including phenoxy) is 4. The Kier molecular flexibility index (Phi) is 13.2. The van der Waals surface area contributed by atoms with Crippen molar-refractivity contribution in [2.24, 2.45) is 0 Å². The maximum absolute atomic E-state index is 14.4. The maximum Gasteiger partial charge on any atom is 0.265 e. The van der Waals surface area contributed by atoms with Gasteiger partial charge in [0.25, 0.3) is 10.0 Å². The van der Waals surface area contributed by atoms with Crippen LogP contribution in [-0.4, -0.2) is 72.7 Å². The van der Waals surface area contributed by atoms with Gasteiger partial charge in [0.1, 0.15) is 24.1 Å². The van der Waals surface area contributed by atoms with Crippen molar-refractivity contribution in [2.75, 3.05) is 45.8 Å². The van der Waals surface area contributed by atoms with Crippen LogP contribution in [0.4, 0.5) is 5.69 Å². The van der Waals surface area contributed by atoms with Crippen molar-refractivity contribution in [3.63, 3.8) is 0 Å². The number of carbonyl (C=O) groups excluding carboxylic acids is 2. The van der Waals surface area contributed by atoms with Gasteiger partial charge in [0.2, 0.25) is 11.8 Å². The Morgan fingerprint density at radius 1 is 0.848 bits per heavy atom. The van der Waals surface area contributed by atoms with Gasteiger partial charge in [0, 0.05) is 40.8 Å². The SMILES string of the molecule is CCCNC(=O)[C@@H](CC)N(Cc1c(Cl)cccc1Cl)C(=O)CN(c1cc(OC)ccc1OC)S(=O)(=O)c1ccc(OC)c(OC)c1. The van der Waals surface area contributed by atoms with Crippen LogP contribution in [0, 0.1) is 0 Å². The third-order valence-electron chi connectivity index (χ3n) is 7.20. The van der Waals surface area contributed by atoms with E-state index in [1.165, 1.54) is 63.7 Å². The summed E-state index contributed by atoms with van der Waals surface area (Å²) in [6.07, 6.45) is 0.910. The molecule has 1 atom stereocenters. The predicted molar refractivity (Wildman–Crippen MR) is 178 cm³/mol. The molecule has 0 saturated heterocycles. The standard InChI is InChI=1S/C32H39Cl2N3O8S/c1-7-16-35-32(39)26(8-2)36(19-23-24(33)10-9-11-25(23)34)31(38)20-37(27-17-21(42-3)12-14-28(27)43-4)46(40,41)22-13-15-29(44-5)30(18-22)45-6/h9-15,17-18,26H,7-8,16,19-20H2,1-6H3,(H,35,39)/t26-/m1/s1. The van der Waals surface area contributed by atoms with Crippen LogP contribution in [0.5, 0.6) is 23.0 Å². The molecule has 0 saturated carbocycles. The van der Waals surface area contributed by atoms with Gasteiger partial charge >= 0.3 is 0 Å². The Labute approximate surface area is 280 Å². The van der Waals surface area contributed by atoms with E-state index in [9.17, 15) is 18.0 Å². The molecule has 2 amide bonds. The molecular weight excluding hydrogens is 657 g/mol. The summed E-state index contributed by atoms with van der Waals surface area (Å²) in [4.78, 5) is 28.9. The second-order valence-corrected chi connectivity index (χ2v) is 12.7. The summed E-state index contributed by atoms with van der Waals surface area (Å²) in [5.41, 5.74) is 0.443. The van der Waals surface area contributed by atoms with E-state index in [1.807, 2.05) is 6.92 Å². The van der Waals surface area contributed by atoms with Crippen LogP contribution in [0.15, 0.2) is 59.5 Å². The number of rotatable bonds is 16. The summed E-state index contributed by atoms with van der Waals surface area (Å²) in [5.74, 6) is -0.125. The zero-order chi connectivity index (χ0) is 34.0. The van der Waals surface area contributed by atoms with Gasteiger partial charge in [0.15, 0.2) is 11.5 Å². The molecule has 46 heavy (non-hydrogen) atoms. The Morgan fingerprint density at radius 2 is 1.48 bits per heavy atom. The molecule has 250 valence electrons. The number of carbonyl (C=O) groups is 2. The summed E-state index contributed by atoms with van der Waals surface area (Å²) in [6.45, 7) is 3.18. The fourth-order valence-corrected chi connectivity index (χ4v) is 6.70. The molecule has 3 rings (SSSR count). The molecule has 0 aromatic heterocycles. The van der Waals surface area contributed by atoms with E-state index in [1.54, 1.807) is 31.2 Å². The molecule has 0 fully saturated rings. The van der Waals surface area contributed by atoms with Crippen LogP contribution in [0.3, 0.4) is 0 Å². The van der Waals surface area contributed by atoms with Crippen LogP contribution in [-0.2, 0) is 26.2 Å². The largest absolute Gasteiger partial charge is 0.497 e. The smallest absolute Gasteiger partial charge is 0.265 e. The number of anilines is 1. The summed E-state index contributed by atoms with van der Waals surface area (Å²) in [5, 5.41) is 3.42. The molecule has 14 heteroatoms. The molecule has 0 radical (unpaired) electrons. The number of nitrogens with zero attached hydrogens (tertiary/aromatic N) is 2. The molecule has 3 aromatic carbocycles. The Hall–Kier alpha value is -3.87. The van der Waals surface area contributed by atoms with Crippen molar-refractivity contribution in [2.45, 2.75) is 44.2 Å². The van der Waals surface area contributed by atoms with Crippen molar-refractivity contribution in [1.82, 2.24) is 10.2 Å². The van der Waals surface area contributed by atoms with E-state index in [0.717, 1.165) is 4.31 Å². The van der Waals surface area contributed by atoms with E-state index >= 15 is 0 Å². The average Bonchev–Trinajstić information content (AvgIpc) is 3.06. The second-order valence-electron chi connectivity index (χ2n) is 10.0. The Balaban J connectivity index is 2.23. The van der Waals surface area contributed by atoms with Crippen molar-refractivity contribution in [3.8, 4) is 23.0 Å². The quantitative estimate of drug-likeness (QED) is 0.207. The van der Waals surface area contributed by atoms with Gasteiger partial charge < -0.3 is 29.2 Å². The van der Waals surface area contributed by atoms with E-state index in [0.29, 0.717) is 40.1 Å². The lowest BCUT2D eigenvalue weighted by atomic mass is 10.1. The minimum absolute atomic E-state index is 0.0317. The zero-order valence-corrected chi connectivity index (χ0v) is 29.0. The lowest BCUT2D eigenvalue weighted by Crippen LogP contribution is -2.52. The van der Waals surface area contributed by atoms with Crippen LogP contribution < -0.4 is 28.6 Å². The lowest BCUT2D eigenvalue weighted by Gasteiger charge is -2.34. The van der Waals surface area contributed by atoms with Crippen molar-refractivity contribution >= 4 is 50.7 Å². The number of amides is 2. The molecule has 0 bridgehead atoms. The normalized spacial score (nSPS) is 11.7. The first-order valence-corrected chi connectivity index (χ1v) is 16.6. The van der Waals surface area contributed by atoms with Crippen molar-refractivity contribution < 1.29 is 37.0 Å². The molecule has 11 nitrogen and oxygen atoms in total. The second kappa shape index (κ2) is 16.6. The number of hydrogen-bond acceptors (Lipinski definition) is 8. The number of hydrogen-bond donors (Lipinski definition) is 1. The highest BCUT2D eigenvalue weighted by Gasteiger charge is 2.36. The molecule has 0 aliphatic rings. The summed E-state index contributed by atoms with van der Waals surface area (Å²) < 4.78 is 51.4. The predicted octanol–water partition coefficient (Wildman–Crippen LogP) is 5.56. The fourth-order valence-electron chi connectivity index (χ4n) is 4.75. The van der Waals surface area contributed by atoms with Gasteiger partial charge in [-0.1, -0.05) is 43.1 Å². The molecule has 1 N–H and O–H groups in total. The lowest BCUT2D eigenvalue weighted by molar-refractivity contribution is -0.140. The van der Waals surface area contributed by atoms with Gasteiger partial charge in [-0.15, -0.1) is 0 Å². The minimum Gasteiger partial charge on any atom is -0.497 e. The Bertz CT molecular complexity index is 1620. The number of sulfonamides is 1. The molecule has 3 aromatic rings. The first-order valence-electron chi connectivity index (χ1n) is 14.4. The van der Waals surface area contributed by atoms with E-state index in [-0.39, 0.29) is 35.0 Å². The Morgan fingerprint density at radius 3 is 2.04 bits per heavy atom. The molecule has 0 aliphatic heterocycles. The average molecular weight is 697 g/mol. The number of benzene rings is 3. The van der Waals surface area contributed by atoms with E-state index in [4.69, 9.17) is 42.1 Å². The molecule has 0 heterocycles. The number of methoxy groups -OCH3 is 4. The maximum atomic E-state index is 14.4. The summed E-state index contributed by atoms with van der Waals surface area (Å²) in [7, 11) is 1.13. The van der Waals surface area contributed by atoms with Gasteiger partial charge in [-0.3, -0.25) is 13.9 Å². The van der Waals surface area contributed by atoms with Gasteiger partial charge in [0.05, 0.1) is 39.0 Å². The number of nitrogens with one attached hydrogen (secondary N) is 1.